The number of benzene rings is 1. The van der Waals surface area contributed by atoms with E-state index in [0.717, 1.165) is 30.1 Å². The quantitative estimate of drug-likeness (QED) is 0.896. The van der Waals surface area contributed by atoms with Crippen molar-refractivity contribution in [2.75, 3.05) is 13.7 Å². The molecule has 20 heavy (non-hydrogen) atoms. The van der Waals surface area contributed by atoms with Gasteiger partial charge in [-0.05, 0) is 49.1 Å². The van der Waals surface area contributed by atoms with Crippen LogP contribution in [0.15, 0.2) is 24.3 Å². The van der Waals surface area contributed by atoms with E-state index < -0.39 is 0 Å². The van der Waals surface area contributed by atoms with Crippen LogP contribution in [0.25, 0.3) is 0 Å². The Morgan fingerprint density at radius 2 is 2.15 bits per heavy atom. The van der Waals surface area contributed by atoms with Crippen LogP contribution in [0.2, 0.25) is 0 Å². The topological polar surface area (TPSA) is 38.3 Å². The maximum absolute atomic E-state index is 12.2. The van der Waals surface area contributed by atoms with Crippen molar-refractivity contribution in [3.63, 3.8) is 0 Å². The normalized spacial score (nSPS) is 27.6. The van der Waals surface area contributed by atoms with Crippen LogP contribution in [0.5, 0.6) is 5.75 Å². The summed E-state index contributed by atoms with van der Waals surface area (Å²) < 4.78 is 5.33. The summed E-state index contributed by atoms with van der Waals surface area (Å²) in [6.07, 6.45) is 5.83. The number of ether oxygens (including phenoxy) is 1. The Morgan fingerprint density at radius 1 is 1.30 bits per heavy atom. The smallest absolute Gasteiger partial charge is 0.223 e. The number of rotatable bonds is 5. The fourth-order valence-corrected chi connectivity index (χ4v) is 3.93. The SMILES string of the molecule is COc1ccccc1CCNC(=O)C1CC2CCC1C2. The summed E-state index contributed by atoms with van der Waals surface area (Å²) in [7, 11) is 1.69. The molecule has 1 aromatic rings. The van der Waals surface area contributed by atoms with Crippen LogP contribution in [0.1, 0.15) is 31.2 Å². The van der Waals surface area contributed by atoms with Crippen LogP contribution < -0.4 is 10.1 Å². The highest BCUT2D eigenvalue weighted by Gasteiger charge is 2.42. The minimum Gasteiger partial charge on any atom is -0.496 e. The van der Waals surface area contributed by atoms with Crippen molar-refractivity contribution in [3.8, 4) is 5.75 Å². The third-order valence-electron chi connectivity index (χ3n) is 4.96. The Labute approximate surface area is 120 Å². The number of para-hydroxylation sites is 1. The lowest BCUT2D eigenvalue weighted by Crippen LogP contribution is -2.34. The van der Waals surface area contributed by atoms with Crippen molar-refractivity contribution in [1.29, 1.82) is 0 Å². The number of hydrogen-bond acceptors (Lipinski definition) is 2. The van der Waals surface area contributed by atoms with Gasteiger partial charge < -0.3 is 10.1 Å². The van der Waals surface area contributed by atoms with Crippen LogP contribution in [-0.2, 0) is 11.2 Å². The minimum atomic E-state index is 0.270. The van der Waals surface area contributed by atoms with E-state index in [4.69, 9.17) is 4.74 Å². The van der Waals surface area contributed by atoms with Crippen LogP contribution in [0.4, 0.5) is 0 Å². The summed E-state index contributed by atoms with van der Waals surface area (Å²) in [5.74, 6) is 2.94. The van der Waals surface area contributed by atoms with E-state index in [0.29, 0.717) is 12.5 Å². The largest absolute Gasteiger partial charge is 0.496 e. The summed E-state index contributed by atoms with van der Waals surface area (Å²) in [4.78, 5) is 12.2. The molecule has 0 heterocycles. The third-order valence-corrected chi connectivity index (χ3v) is 4.96. The molecular formula is C17H23NO2. The first-order chi connectivity index (χ1) is 9.78. The van der Waals surface area contributed by atoms with E-state index in [-0.39, 0.29) is 11.8 Å². The van der Waals surface area contributed by atoms with Crippen molar-refractivity contribution in [1.82, 2.24) is 5.32 Å². The van der Waals surface area contributed by atoms with E-state index >= 15 is 0 Å². The molecule has 3 atom stereocenters. The number of carbonyl (C=O) groups is 1. The Balaban J connectivity index is 1.49. The predicted octanol–water partition coefficient (Wildman–Crippen LogP) is 2.79. The molecule has 2 saturated carbocycles. The van der Waals surface area contributed by atoms with Gasteiger partial charge in [0.1, 0.15) is 5.75 Å². The van der Waals surface area contributed by atoms with Gasteiger partial charge in [0.15, 0.2) is 0 Å². The lowest BCUT2D eigenvalue weighted by atomic mass is 9.88. The summed E-state index contributed by atoms with van der Waals surface area (Å²) in [6, 6.07) is 8.00. The van der Waals surface area contributed by atoms with Gasteiger partial charge in [0, 0.05) is 12.5 Å². The number of hydrogen-bond donors (Lipinski definition) is 1. The van der Waals surface area contributed by atoms with Crippen molar-refractivity contribution in [2.24, 2.45) is 17.8 Å². The first-order valence-corrected chi connectivity index (χ1v) is 7.67. The molecule has 108 valence electrons. The average molecular weight is 273 g/mol. The van der Waals surface area contributed by atoms with Crippen LogP contribution in [0, 0.1) is 17.8 Å². The monoisotopic (exact) mass is 273 g/mol. The second-order valence-electron chi connectivity index (χ2n) is 6.13. The highest BCUT2D eigenvalue weighted by atomic mass is 16.5. The predicted molar refractivity (Wildman–Crippen MR) is 78.6 cm³/mol. The molecule has 0 aliphatic heterocycles. The molecule has 1 amide bonds. The van der Waals surface area contributed by atoms with Gasteiger partial charge in [0.25, 0.3) is 0 Å². The Morgan fingerprint density at radius 3 is 2.85 bits per heavy atom. The summed E-state index contributed by atoms with van der Waals surface area (Å²) in [6.45, 7) is 0.701. The molecule has 2 aliphatic rings. The molecule has 3 rings (SSSR count). The number of methoxy groups -OCH3 is 1. The summed E-state index contributed by atoms with van der Waals surface area (Å²) >= 11 is 0. The molecular weight excluding hydrogens is 250 g/mol. The Hall–Kier alpha value is -1.51. The molecule has 2 bridgehead atoms. The van der Waals surface area contributed by atoms with Crippen LogP contribution in [0.3, 0.4) is 0 Å². The molecule has 3 unspecified atom stereocenters. The fraction of sp³-hybridized carbons (Fsp3) is 0.588. The van der Waals surface area contributed by atoms with Gasteiger partial charge in [0.2, 0.25) is 5.91 Å². The molecule has 3 nitrogen and oxygen atoms in total. The van der Waals surface area contributed by atoms with E-state index in [2.05, 4.69) is 11.4 Å². The molecule has 2 fully saturated rings. The standard InChI is InChI=1S/C17H23NO2/c1-20-16-5-3-2-4-13(16)8-9-18-17(19)15-11-12-6-7-14(15)10-12/h2-5,12,14-15H,6-11H2,1H3,(H,18,19). The second-order valence-corrected chi connectivity index (χ2v) is 6.13. The zero-order valence-electron chi connectivity index (χ0n) is 12.1. The Kier molecular flexibility index (Phi) is 3.95. The van der Waals surface area contributed by atoms with Gasteiger partial charge in [-0.2, -0.15) is 0 Å². The molecule has 0 saturated heterocycles. The highest BCUT2D eigenvalue weighted by Crippen LogP contribution is 2.48. The molecule has 0 spiro atoms. The average Bonchev–Trinajstić information content (AvgIpc) is 3.10. The van der Waals surface area contributed by atoms with Crippen molar-refractivity contribution >= 4 is 5.91 Å². The number of nitrogens with one attached hydrogen (secondary N) is 1. The van der Waals surface area contributed by atoms with Crippen LogP contribution in [-0.4, -0.2) is 19.6 Å². The maximum atomic E-state index is 12.2. The van der Waals surface area contributed by atoms with Gasteiger partial charge in [-0.3, -0.25) is 4.79 Å². The number of amides is 1. The summed E-state index contributed by atoms with van der Waals surface area (Å²) in [5.41, 5.74) is 1.16. The van der Waals surface area contributed by atoms with Crippen molar-refractivity contribution in [2.45, 2.75) is 32.1 Å². The zero-order valence-corrected chi connectivity index (χ0v) is 12.1. The highest BCUT2D eigenvalue weighted by molar-refractivity contribution is 5.79. The number of fused-ring (bicyclic) bond motifs is 2. The zero-order chi connectivity index (χ0) is 13.9. The molecule has 0 aromatic heterocycles. The van der Waals surface area contributed by atoms with Crippen LogP contribution >= 0.6 is 0 Å². The van der Waals surface area contributed by atoms with Crippen molar-refractivity contribution < 1.29 is 9.53 Å². The molecule has 1 N–H and O–H groups in total. The van der Waals surface area contributed by atoms with E-state index in [1.54, 1.807) is 7.11 Å². The minimum absolute atomic E-state index is 0.270. The first kappa shape index (κ1) is 13.5. The van der Waals surface area contributed by atoms with Gasteiger partial charge in [0.05, 0.1) is 7.11 Å². The summed E-state index contributed by atoms with van der Waals surface area (Å²) in [5, 5.41) is 3.11. The third kappa shape index (κ3) is 2.67. The first-order valence-electron chi connectivity index (χ1n) is 7.67. The van der Waals surface area contributed by atoms with Crippen molar-refractivity contribution in [3.05, 3.63) is 29.8 Å². The van der Waals surface area contributed by atoms with Gasteiger partial charge >= 0.3 is 0 Å². The fourth-order valence-electron chi connectivity index (χ4n) is 3.93. The Bertz CT molecular complexity index is 486. The van der Waals surface area contributed by atoms with E-state index in [1.165, 1.54) is 19.3 Å². The van der Waals surface area contributed by atoms with Gasteiger partial charge in [-0.1, -0.05) is 24.6 Å². The molecule has 2 aliphatic carbocycles. The van der Waals surface area contributed by atoms with Gasteiger partial charge in [-0.25, -0.2) is 0 Å². The van der Waals surface area contributed by atoms with E-state index in [9.17, 15) is 4.79 Å². The second kappa shape index (κ2) is 5.86. The lowest BCUT2D eigenvalue weighted by Gasteiger charge is -2.20. The molecule has 1 aromatic carbocycles. The number of carbonyl (C=O) groups excluding carboxylic acids is 1. The maximum Gasteiger partial charge on any atom is 0.223 e. The molecule has 0 radical (unpaired) electrons. The molecule has 3 heteroatoms. The van der Waals surface area contributed by atoms with Gasteiger partial charge in [-0.15, -0.1) is 0 Å². The van der Waals surface area contributed by atoms with E-state index in [1.807, 2.05) is 18.2 Å². The lowest BCUT2D eigenvalue weighted by molar-refractivity contribution is -0.126.